The van der Waals surface area contributed by atoms with Gasteiger partial charge < -0.3 is 0 Å². The third-order valence-electron chi connectivity index (χ3n) is 3.07. The first-order chi connectivity index (χ1) is 8.32. The molecule has 18 heavy (non-hydrogen) atoms. The fourth-order valence-electron chi connectivity index (χ4n) is 2.24. The summed E-state index contributed by atoms with van der Waals surface area (Å²) in [6.07, 6.45) is 9.27. The Bertz CT molecular complexity index is 537. The molecule has 0 saturated heterocycles. The first-order valence-electron chi connectivity index (χ1n) is 6.26. The van der Waals surface area contributed by atoms with E-state index in [-0.39, 0.29) is 22.9 Å². The lowest BCUT2D eigenvalue weighted by atomic mass is 9.90. The zero-order valence-electron chi connectivity index (χ0n) is 11.3. The van der Waals surface area contributed by atoms with Crippen LogP contribution in [0, 0.1) is 11.3 Å². The van der Waals surface area contributed by atoms with Gasteiger partial charge in [-0.1, -0.05) is 58.1 Å². The average molecular weight is 242 g/mol. The van der Waals surface area contributed by atoms with Gasteiger partial charge in [-0.3, -0.25) is 9.59 Å². The maximum atomic E-state index is 12.3. The summed E-state index contributed by atoms with van der Waals surface area (Å²) in [5, 5.41) is 0. The molecule has 2 heteroatoms. The van der Waals surface area contributed by atoms with Crippen molar-refractivity contribution in [3.63, 3.8) is 0 Å². The lowest BCUT2D eigenvalue weighted by Gasteiger charge is -2.14. The number of hydrogen-bond acceptors (Lipinski definition) is 2. The number of Topliss-reactive ketones (excluding diaryl/α,β-unsaturated/α-hetero) is 2. The number of rotatable bonds is 1. The van der Waals surface area contributed by atoms with Crippen molar-refractivity contribution in [3.05, 3.63) is 47.1 Å². The third-order valence-corrected chi connectivity index (χ3v) is 3.07. The van der Waals surface area contributed by atoms with E-state index in [4.69, 9.17) is 0 Å². The molecule has 0 amide bonds. The number of carbonyl (C=O) groups is 2. The summed E-state index contributed by atoms with van der Waals surface area (Å²) in [6, 6.07) is 0. The molecule has 0 atom stereocenters. The summed E-state index contributed by atoms with van der Waals surface area (Å²) in [4.78, 5) is 24.5. The zero-order valence-corrected chi connectivity index (χ0v) is 11.3. The van der Waals surface area contributed by atoms with Crippen molar-refractivity contribution < 1.29 is 9.59 Å². The van der Waals surface area contributed by atoms with Crippen molar-refractivity contribution in [1.82, 2.24) is 0 Å². The Balaban J connectivity index is 2.57. The topological polar surface area (TPSA) is 34.1 Å². The van der Waals surface area contributed by atoms with Gasteiger partial charge in [0.15, 0.2) is 11.6 Å². The SMILES string of the molecule is CC(C)/C=C1\C(=O)C2=CC=CC(C)(C)C=C2C1=O. The van der Waals surface area contributed by atoms with Crippen LogP contribution in [0.4, 0.5) is 0 Å². The molecule has 0 bridgehead atoms. The number of allylic oxidation sites excluding steroid dienone is 8. The first kappa shape index (κ1) is 12.7. The molecule has 94 valence electrons. The van der Waals surface area contributed by atoms with E-state index in [2.05, 4.69) is 0 Å². The average Bonchev–Trinajstić information content (AvgIpc) is 2.42. The van der Waals surface area contributed by atoms with E-state index in [0.717, 1.165) is 0 Å². The molecule has 2 aliphatic rings. The highest BCUT2D eigenvalue weighted by Gasteiger charge is 2.37. The molecule has 0 aliphatic heterocycles. The van der Waals surface area contributed by atoms with Gasteiger partial charge in [-0.05, 0) is 5.92 Å². The van der Waals surface area contributed by atoms with Crippen LogP contribution < -0.4 is 0 Å². The molecule has 0 aromatic rings. The van der Waals surface area contributed by atoms with Crippen molar-refractivity contribution in [2.45, 2.75) is 27.7 Å². The highest BCUT2D eigenvalue weighted by atomic mass is 16.2. The van der Waals surface area contributed by atoms with Crippen LogP contribution in [-0.4, -0.2) is 11.6 Å². The predicted octanol–water partition coefficient (Wildman–Crippen LogP) is 3.17. The molecule has 0 N–H and O–H groups in total. The third kappa shape index (κ3) is 2.15. The van der Waals surface area contributed by atoms with E-state index in [1.54, 1.807) is 12.2 Å². The monoisotopic (exact) mass is 242 g/mol. The van der Waals surface area contributed by atoms with E-state index in [1.165, 1.54) is 0 Å². The second-order valence-electron chi connectivity index (χ2n) is 5.80. The second-order valence-corrected chi connectivity index (χ2v) is 5.80. The largest absolute Gasteiger partial charge is 0.288 e. The van der Waals surface area contributed by atoms with Crippen molar-refractivity contribution in [2.75, 3.05) is 0 Å². The molecule has 2 nitrogen and oxygen atoms in total. The van der Waals surface area contributed by atoms with Gasteiger partial charge in [0.1, 0.15) is 0 Å². The maximum absolute atomic E-state index is 12.3. The molecule has 2 rings (SSSR count). The molecule has 1 fully saturated rings. The van der Waals surface area contributed by atoms with Gasteiger partial charge in [0.05, 0.1) is 5.57 Å². The van der Waals surface area contributed by atoms with Crippen molar-refractivity contribution in [1.29, 1.82) is 0 Å². The summed E-state index contributed by atoms with van der Waals surface area (Å²) < 4.78 is 0. The minimum Gasteiger partial charge on any atom is -0.288 e. The standard InChI is InChI=1S/C16H18O2/c1-10(2)8-12-14(17)11-6-5-7-16(3,4)9-13(11)15(12)18/h5-10H,1-4H3/b12-8+. The lowest BCUT2D eigenvalue weighted by molar-refractivity contribution is -0.115. The Morgan fingerprint density at radius 2 is 1.72 bits per heavy atom. The first-order valence-corrected chi connectivity index (χ1v) is 6.26. The van der Waals surface area contributed by atoms with Crippen molar-refractivity contribution >= 4 is 11.6 Å². The van der Waals surface area contributed by atoms with Crippen LogP contribution in [0.3, 0.4) is 0 Å². The highest BCUT2D eigenvalue weighted by Crippen LogP contribution is 2.35. The van der Waals surface area contributed by atoms with Crippen LogP contribution in [0.5, 0.6) is 0 Å². The van der Waals surface area contributed by atoms with Gasteiger partial charge in [0.25, 0.3) is 0 Å². The fraction of sp³-hybridized carbons (Fsp3) is 0.375. The van der Waals surface area contributed by atoms with Gasteiger partial charge in [-0.25, -0.2) is 0 Å². The quantitative estimate of drug-likeness (QED) is 0.523. The molecular formula is C16H18O2. The van der Waals surface area contributed by atoms with Gasteiger partial charge in [-0.2, -0.15) is 0 Å². The predicted molar refractivity (Wildman–Crippen MR) is 72.0 cm³/mol. The van der Waals surface area contributed by atoms with Crippen molar-refractivity contribution in [2.24, 2.45) is 11.3 Å². The molecule has 0 radical (unpaired) electrons. The Morgan fingerprint density at radius 3 is 2.33 bits per heavy atom. The van der Waals surface area contributed by atoms with Crippen LogP contribution in [0.25, 0.3) is 0 Å². The van der Waals surface area contributed by atoms with Crippen LogP contribution in [0.15, 0.2) is 47.1 Å². The summed E-state index contributed by atoms with van der Waals surface area (Å²) in [7, 11) is 0. The fourth-order valence-corrected chi connectivity index (χ4v) is 2.24. The molecular weight excluding hydrogens is 224 g/mol. The smallest absolute Gasteiger partial charge is 0.197 e. The Morgan fingerprint density at radius 1 is 1.11 bits per heavy atom. The molecule has 0 unspecified atom stereocenters. The summed E-state index contributed by atoms with van der Waals surface area (Å²) >= 11 is 0. The number of ketones is 2. The van der Waals surface area contributed by atoms with E-state index in [0.29, 0.717) is 16.7 Å². The van der Waals surface area contributed by atoms with Gasteiger partial charge in [0, 0.05) is 16.6 Å². The Labute approximate surface area is 108 Å². The highest BCUT2D eigenvalue weighted by molar-refractivity contribution is 6.42. The molecule has 0 aromatic heterocycles. The summed E-state index contributed by atoms with van der Waals surface area (Å²) in [6.45, 7) is 7.98. The molecule has 0 spiro atoms. The maximum Gasteiger partial charge on any atom is 0.197 e. The van der Waals surface area contributed by atoms with Crippen LogP contribution in [-0.2, 0) is 9.59 Å². The number of hydrogen-bond donors (Lipinski definition) is 0. The molecule has 0 heterocycles. The molecule has 1 saturated carbocycles. The van der Waals surface area contributed by atoms with Crippen LogP contribution in [0.1, 0.15) is 27.7 Å². The van der Waals surface area contributed by atoms with Gasteiger partial charge in [0.2, 0.25) is 0 Å². The van der Waals surface area contributed by atoms with Gasteiger partial charge >= 0.3 is 0 Å². The summed E-state index contributed by atoms with van der Waals surface area (Å²) in [5.74, 6) is -0.0704. The number of carbonyl (C=O) groups excluding carboxylic acids is 2. The number of fused-ring (bicyclic) bond motifs is 1. The minimum absolute atomic E-state index is 0.128. The normalized spacial score (nSPS) is 24.2. The van der Waals surface area contributed by atoms with Crippen LogP contribution in [0.2, 0.25) is 0 Å². The van der Waals surface area contributed by atoms with E-state index >= 15 is 0 Å². The van der Waals surface area contributed by atoms with Gasteiger partial charge in [-0.15, -0.1) is 0 Å². The van der Waals surface area contributed by atoms with Crippen molar-refractivity contribution in [3.8, 4) is 0 Å². The van der Waals surface area contributed by atoms with Crippen LogP contribution >= 0.6 is 0 Å². The zero-order chi connectivity index (χ0) is 13.5. The summed E-state index contributed by atoms with van der Waals surface area (Å²) in [5.41, 5.74) is 1.22. The Kier molecular flexibility index (Phi) is 2.97. The lowest BCUT2D eigenvalue weighted by Crippen LogP contribution is -2.06. The van der Waals surface area contributed by atoms with E-state index in [1.807, 2.05) is 45.9 Å². The Hall–Kier alpha value is -1.70. The molecule has 2 aliphatic carbocycles. The van der Waals surface area contributed by atoms with E-state index < -0.39 is 0 Å². The second kappa shape index (κ2) is 4.20. The molecule has 0 aromatic carbocycles. The minimum atomic E-state index is -0.198. The van der Waals surface area contributed by atoms with E-state index in [9.17, 15) is 9.59 Å².